The number of rotatable bonds is 4. The molecule has 0 aliphatic carbocycles. The first-order valence-electron chi connectivity index (χ1n) is 7.38. The number of hydrogen-bond donors (Lipinski definition) is 0. The van der Waals surface area contributed by atoms with E-state index in [-0.39, 0.29) is 49.2 Å². The number of carbonyl (C=O) groups is 3. The molecule has 0 unspecified atom stereocenters. The number of benzene rings is 1. The van der Waals surface area contributed by atoms with Gasteiger partial charge >= 0.3 is 0 Å². The average molecular weight is 317 g/mol. The Morgan fingerprint density at radius 3 is 2.52 bits per heavy atom. The quantitative estimate of drug-likeness (QED) is 0.469. The van der Waals surface area contributed by atoms with Crippen LogP contribution in [0, 0.1) is 10.1 Å². The highest BCUT2D eigenvalue weighted by Gasteiger charge is 2.31. The number of carbonyl (C=O) groups excluding carboxylic acids is 3. The van der Waals surface area contributed by atoms with Crippen LogP contribution in [0.3, 0.4) is 0 Å². The summed E-state index contributed by atoms with van der Waals surface area (Å²) < 4.78 is 0. The van der Waals surface area contributed by atoms with Crippen molar-refractivity contribution >= 4 is 29.1 Å². The van der Waals surface area contributed by atoms with Crippen LogP contribution in [0.15, 0.2) is 18.2 Å². The number of anilines is 1. The Labute approximate surface area is 131 Å². The van der Waals surface area contributed by atoms with Gasteiger partial charge in [-0.25, -0.2) is 0 Å². The van der Waals surface area contributed by atoms with Gasteiger partial charge in [-0.2, -0.15) is 0 Å². The summed E-state index contributed by atoms with van der Waals surface area (Å²) in [7, 11) is 0. The lowest BCUT2D eigenvalue weighted by Crippen LogP contribution is -2.35. The van der Waals surface area contributed by atoms with Gasteiger partial charge in [0.25, 0.3) is 5.69 Å². The summed E-state index contributed by atoms with van der Waals surface area (Å²) >= 11 is 0. The zero-order valence-corrected chi connectivity index (χ0v) is 12.4. The van der Waals surface area contributed by atoms with Crippen LogP contribution in [-0.2, 0) is 20.8 Å². The highest BCUT2D eigenvalue weighted by molar-refractivity contribution is 6.02. The van der Waals surface area contributed by atoms with Crippen LogP contribution in [0.1, 0.15) is 24.8 Å². The second-order valence-corrected chi connectivity index (χ2v) is 5.55. The predicted octanol–water partition coefficient (Wildman–Crippen LogP) is 1.02. The molecule has 2 heterocycles. The molecular formula is C15H15N3O5. The van der Waals surface area contributed by atoms with Gasteiger partial charge in [-0.15, -0.1) is 0 Å². The number of imide groups is 1. The Morgan fingerprint density at radius 2 is 1.87 bits per heavy atom. The van der Waals surface area contributed by atoms with Gasteiger partial charge in [0.1, 0.15) is 0 Å². The third-order valence-corrected chi connectivity index (χ3v) is 4.18. The molecule has 8 nitrogen and oxygen atoms in total. The molecule has 120 valence electrons. The van der Waals surface area contributed by atoms with Crippen LogP contribution < -0.4 is 4.90 Å². The molecule has 0 N–H and O–H groups in total. The Morgan fingerprint density at radius 1 is 1.17 bits per heavy atom. The van der Waals surface area contributed by atoms with Crippen LogP contribution in [0.2, 0.25) is 0 Å². The highest BCUT2D eigenvalue weighted by Crippen LogP contribution is 2.32. The molecule has 8 heteroatoms. The van der Waals surface area contributed by atoms with Crippen molar-refractivity contribution in [2.75, 3.05) is 18.0 Å². The van der Waals surface area contributed by atoms with Crippen molar-refractivity contribution in [3.8, 4) is 0 Å². The van der Waals surface area contributed by atoms with Gasteiger partial charge in [-0.05, 0) is 12.0 Å². The van der Waals surface area contributed by atoms with E-state index in [0.29, 0.717) is 18.7 Å². The van der Waals surface area contributed by atoms with Gasteiger partial charge < -0.3 is 4.90 Å². The molecule has 1 fully saturated rings. The Balaban J connectivity index is 1.70. The fraction of sp³-hybridized carbons (Fsp3) is 0.400. The number of nitro groups is 1. The van der Waals surface area contributed by atoms with Crippen LogP contribution in [0.25, 0.3) is 0 Å². The standard InChI is InChI=1S/C15H15N3O5/c19-13-3-4-14(20)17(13)8-6-15(21)16-7-5-10-1-2-11(18(22)23)9-12(10)16/h1-2,9H,3-8H2. The Hall–Kier alpha value is -2.77. The molecule has 2 aliphatic heterocycles. The van der Waals surface area contributed by atoms with E-state index in [9.17, 15) is 24.5 Å². The van der Waals surface area contributed by atoms with Crippen LogP contribution >= 0.6 is 0 Å². The summed E-state index contributed by atoms with van der Waals surface area (Å²) in [6, 6.07) is 4.48. The summed E-state index contributed by atoms with van der Waals surface area (Å²) in [4.78, 5) is 48.4. The maximum atomic E-state index is 12.4. The second-order valence-electron chi connectivity index (χ2n) is 5.55. The van der Waals surface area contributed by atoms with Crippen molar-refractivity contribution in [2.24, 2.45) is 0 Å². The van der Waals surface area contributed by atoms with E-state index in [0.717, 1.165) is 10.5 Å². The summed E-state index contributed by atoms with van der Waals surface area (Å²) in [5, 5.41) is 10.9. The number of amides is 3. The summed E-state index contributed by atoms with van der Waals surface area (Å²) in [5.74, 6) is -0.739. The lowest BCUT2D eigenvalue weighted by Gasteiger charge is -2.19. The van der Waals surface area contributed by atoms with E-state index in [1.54, 1.807) is 6.07 Å². The molecule has 1 aromatic carbocycles. The molecule has 0 atom stereocenters. The number of fused-ring (bicyclic) bond motifs is 1. The SMILES string of the molecule is O=C1CCC(=O)N1CCC(=O)N1CCc2ccc([N+](=O)[O-])cc21. The van der Waals surface area contributed by atoms with Crippen molar-refractivity contribution in [1.29, 1.82) is 0 Å². The zero-order chi connectivity index (χ0) is 16.6. The molecule has 0 bridgehead atoms. The lowest BCUT2D eigenvalue weighted by molar-refractivity contribution is -0.384. The minimum Gasteiger partial charge on any atom is -0.312 e. The van der Waals surface area contributed by atoms with Crippen LogP contribution in [-0.4, -0.2) is 40.6 Å². The molecule has 0 saturated carbocycles. The topological polar surface area (TPSA) is 101 Å². The van der Waals surface area contributed by atoms with E-state index >= 15 is 0 Å². The van der Waals surface area contributed by atoms with Crippen molar-refractivity contribution in [3.63, 3.8) is 0 Å². The highest BCUT2D eigenvalue weighted by atomic mass is 16.6. The van der Waals surface area contributed by atoms with Gasteiger partial charge in [0.2, 0.25) is 17.7 Å². The van der Waals surface area contributed by atoms with Crippen molar-refractivity contribution in [3.05, 3.63) is 33.9 Å². The zero-order valence-electron chi connectivity index (χ0n) is 12.4. The molecule has 3 amide bonds. The molecule has 1 aromatic rings. The minimum atomic E-state index is -0.497. The molecule has 0 spiro atoms. The molecule has 0 radical (unpaired) electrons. The summed E-state index contributed by atoms with van der Waals surface area (Å²) in [6.45, 7) is 0.522. The molecule has 3 rings (SSSR count). The average Bonchev–Trinajstić information content (AvgIpc) is 3.08. The first-order valence-corrected chi connectivity index (χ1v) is 7.38. The van der Waals surface area contributed by atoms with E-state index in [2.05, 4.69) is 0 Å². The maximum absolute atomic E-state index is 12.4. The molecular weight excluding hydrogens is 302 g/mol. The number of nitrogens with zero attached hydrogens (tertiary/aromatic N) is 3. The maximum Gasteiger partial charge on any atom is 0.271 e. The van der Waals surface area contributed by atoms with Crippen LogP contribution in [0.4, 0.5) is 11.4 Å². The predicted molar refractivity (Wildman–Crippen MR) is 79.7 cm³/mol. The fourth-order valence-corrected chi connectivity index (χ4v) is 2.95. The number of likely N-dealkylation sites (tertiary alicyclic amines) is 1. The van der Waals surface area contributed by atoms with E-state index < -0.39 is 4.92 Å². The fourth-order valence-electron chi connectivity index (χ4n) is 2.95. The van der Waals surface area contributed by atoms with E-state index in [1.807, 2.05) is 0 Å². The summed E-state index contributed by atoms with van der Waals surface area (Å²) in [5.41, 5.74) is 1.37. The van der Waals surface area contributed by atoms with Gasteiger partial charge in [0.05, 0.1) is 10.6 Å². The number of nitro benzene ring substituents is 1. The normalized spacial score (nSPS) is 16.9. The third kappa shape index (κ3) is 2.79. The number of non-ortho nitro benzene ring substituents is 1. The molecule has 0 aromatic heterocycles. The second kappa shape index (κ2) is 5.79. The Bertz CT molecular complexity index is 699. The van der Waals surface area contributed by atoms with Crippen molar-refractivity contribution in [1.82, 2.24) is 4.90 Å². The van der Waals surface area contributed by atoms with Crippen LogP contribution in [0.5, 0.6) is 0 Å². The lowest BCUT2D eigenvalue weighted by atomic mass is 10.1. The third-order valence-electron chi connectivity index (χ3n) is 4.18. The van der Waals surface area contributed by atoms with Crippen molar-refractivity contribution < 1.29 is 19.3 Å². The minimum absolute atomic E-state index is 0.0274. The monoisotopic (exact) mass is 317 g/mol. The number of hydrogen-bond acceptors (Lipinski definition) is 5. The van der Waals surface area contributed by atoms with E-state index in [1.165, 1.54) is 17.0 Å². The van der Waals surface area contributed by atoms with Gasteiger partial charge in [0, 0.05) is 44.5 Å². The van der Waals surface area contributed by atoms with E-state index in [4.69, 9.17) is 0 Å². The molecule has 2 aliphatic rings. The van der Waals surface area contributed by atoms with Gasteiger partial charge in [-0.1, -0.05) is 6.07 Å². The van der Waals surface area contributed by atoms with Crippen molar-refractivity contribution in [2.45, 2.75) is 25.7 Å². The largest absolute Gasteiger partial charge is 0.312 e. The first kappa shape index (κ1) is 15.1. The smallest absolute Gasteiger partial charge is 0.271 e. The molecule has 23 heavy (non-hydrogen) atoms. The van der Waals surface area contributed by atoms with Gasteiger partial charge in [0.15, 0.2) is 0 Å². The molecule has 1 saturated heterocycles. The van der Waals surface area contributed by atoms with Gasteiger partial charge in [-0.3, -0.25) is 29.4 Å². The Kier molecular flexibility index (Phi) is 3.81. The summed E-state index contributed by atoms with van der Waals surface area (Å²) in [6.07, 6.45) is 1.07. The first-order chi connectivity index (χ1) is 11.0.